The highest BCUT2D eigenvalue weighted by Gasteiger charge is 2.35. The van der Waals surface area contributed by atoms with Crippen LogP contribution in [-0.4, -0.2) is 18.1 Å². The molecule has 3 nitrogen and oxygen atoms in total. The van der Waals surface area contributed by atoms with Gasteiger partial charge in [-0.1, -0.05) is 13.8 Å². The highest BCUT2D eigenvalue weighted by atomic mass is 15.2. The van der Waals surface area contributed by atoms with Gasteiger partial charge in [0, 0.05) is 42.8 Å². The van der Waals surface area contributed by atoms with Crippen molar-refractivity contribution in [3.05, 3.63) is 23.5 Å². The summed E-state index contributed by atoms with van der Waals surface area (Å²) in [5.74, 6) is 0. The van der Waals surface area contributed by atoms with E-state index in [9.17, 15) is 0 Å². The number of nitrogens with zero attached hydrogens (tertiary/aromatic N) is 2. The molecular weight excluding hydrogens is 222 g/mol. The Hall–Kier alpha value is -1.09. The third-order valence-corrected chi connectivity index (χ3v) is 4.60. The van der Waals surface area contributed by atoms with Crippen LogP contribution in [0, 0.1) is 12.3 Å². The van der Waals surface area contributed by atoms with E-state index < -0.39 is 0 Å². The number of nitrogens with two attached hydrogens (primary N) is 1. The smallest absolute Gasteiger partial charge is 0.0445 e. The molecule has 100 valence electrons. The Kier molecular flexibility index (Phi) is 3.91. The SMILES string of the molecule is CCC1(CC)CCN(c2cc(C)ncc2CN)C1. The standard InChI is InChI=1S/C15H25N3/c1-4-15(5-2)6-7-18(11-15)14-8-12(3)17-10-13(14)9-16/h8,10H,4-7,9,11,16H2,1-3H3. The highest BCUT2D eigenvalue weighted by Crippen LogP contribution is 2.39. The fraction of sp³-hybridized carbons (Fsp3) is 0.667. The molecule has 2 heterocycles. The lowest BCUT2D eigenvalue weighted by Crippen LogP contribution is -2.27. The third kappa shape index (κ3) is 2.37. The van der Waals surface area contributed by atoms with Crippen LogP contribution >= 0.6 is 0 Å². The van der Waals surface area contributed by atoms with Gasteiger partial charge in [-0.3, -0.25) is 4.98 Å². The Balaban J connectivity index is 2.26. The summed E-state index contributed by atoms with van der Waals surface area (Å²) in [4.78, 5) is 6.86. The van der Waals surface area contributed by atoms with Gasteiger partial charge in [0.2, 0.25) is 0 Å². The predicted octanol–water partition coefficient (Wildman–Crippen LogP) is 2.87. The average molecular weight is 247 g/mol. The fourth-order valence-electron chi connectivity index (χ4n) is 2.99. The number of pyridine rings is 1. The molecule has 0 atom stereocenters. The molecule has 0 bridgehead atoms. The maximum atomic E-state index is 5.83. The lowest BCUT2D eigenvalue weighted by atomic mass is 9.82. The van der Waals surface area contributed by atoms with Crippen LogP contribution in [-0.2, 0) is 6.54 Å². The molecule has 2 N–H and O–H groups in total. The highest BCUT2D eigenvalue weighted by molar-refractivity contribution is 5.54. The molecule has 1 saturated heterocycles. The van der Waals surface area contributed by atoms with Crippen LogP contribution in [0.25, 0.3) is 0 Å². The first-order valence-corrected chi connectivity index (χ1v) is 7.04. The van der Waals surface area contributed by atoms with Gasteiger partial charge >= 0.3 is 0 Å². The minimum Gasteiger partial charge on any atom is -0.371 e. The van der Waals surface area contributed by atoms with Crippen molar-refractivity contribution in [3.8, 4) is 0 Å². The first kappa shape index (κ1) is 13.3. The summed E-state index contributed by atoms with van der Waals surface area (Å²) in [6, 6.07) is 2.18. The second kappa shape index (κ2) is 5.27. The van der Waals surface area contributed by atoms with E-state index in [1.54, 1.807) is 0 Å². The molecule has 1 aromatic heterocycles. The molecule has 0 aromatic carbocycles. The van der Waals surface area contributed by atoms with E-state index in [0.717, 1.165) is 18.8 Å². The molecule has 1 aliphatic heterocycles. The second-order valence-corrected chi connectivity index (χ2v) is 5.54. The summed E-state index contributed by atoms with van der Waals surface area (Å²) in [6.45, 7) is 9.56. The lowest BCUT2D eigenvalue weighted by molar-refractivity contribution is 0.301. The molecule has 0 aliphatic carbocycles. The minimum atomic E-state index is 0.503. The largest absolute Gasteiger partial charge is 0.371 e. The van der Waals surface area contributed by atoms with Gasteiger partial charge in [0.25, 0.3) is 0 Å². The van der Waals surface area contributed by atoms with Gasteiger partial charge in [0.05, 0.1) is 0 Å². The van der Waals surface area contributed by atoms with E-state index in [2.05, 4.69) is 29.8 Å². The summed E-state index contributed by atoms with van der Waals surface area (Å²) < 4.78 is 0. The quantitative estimate of drug-likeness (QED) is 0.889. The zero-order valence-corrected chi connectivity index (χ0v) is 11.9. The maximum absolute atomic E-state index is 5.83. The van der Waals surface area contributed by atoms with Crippen LogP contribution in [0.15, 0.2) is 12.3 Å². The van der Waals surface area contributed by atoms with Crippen molar-refractivity contribution in [2.75, 3.05) is 18.0 Å². The van der Waals surface area contributed by atoms with Crippen LogP contribution < -0.4 is 10.6 Å². The first-order valence-electron chi connectivity index (χ1n) is 7.04. The van der Waals surface area contributed by atoms with E-state index in [0.29, 0.717) is 12.0 Å². The van der Waals surface area contributed by atoms with Gasteiger partial charge < -0.3 is 10.6 Å². The van der Waals surface area contributed by atoms with E-state index in [1.807, 2.05) is 13.1 Å². The summed E-state index contributed by atoms with van der Waals surface area (Å²) in [5, 5.41) is 0. The Morgan fingerprint density at radius 1 is 1.39 bits per heavy atom. The second-order valence-electron chi connectivity index (χ2n) is 5.54. The van der Waals surface area contributed by atoms with Crippen LogP contribution in [0.4, 0.5) is 5.69 Å². The summed E-state index contributed by atoms with van der Waals surface area (Å²) in [5.41, 5.74) is 9.88. The zero-order chi connectivity index (χ0) is 13.2. The van der Waals surface area contributed by atoms with E-state index in [-0.39, 0.29) is 0 Å². The third-order valence-electron chi connectivity index (χ3n) is 4.60. The van der Waals surface area contributed by atoms with Crippen LogP contribution in [0.3, 0.4) is 0 Å². The van der Waals surface area contributed by atoms with E-state index in [4.69, 9.17) is 5.73 Å². The summed E-state index contributed by atoms with van der Waals surface area (Å²) in [6.07, 6.45) is 5.76. The van der Waals surface area contributed by atoms with Crippen molar-refractivity contribution in [1.29, 1.82) is 0 Å². The molecule has 0 spiro atoms. The first-order chi connectivity index (χ1) is 8.64. The van der Waals surface area contributed by atoms with Gasteiger partial charge in [-0.05, 0) is 37.7 Å². The number of aromatic nitrogens is 1. The number of aryl methyl sites for hydroxylation is 1. The molecule has 1 fully saturated rings. The minimum absolute atomic E-state index is 0.503. The van der Waals surface area contributed by atoms with Crippen LogP contribution in [0.5, 0.6) is 0 Å². The molecule has 0 unspecified atom stereocenters. The van der Waals surface area contributed by atoms with Crippen LogP contribution in [0.1, 0.15) is 44.4 Å². The van der Waals surface area contributed by atoms with Gasteiger partial charge in [0.15, 0.2) is 0 Å². The molecule has 18 heavy (non-hydrogen) atoms. The van der Waals surface area contributed by atoms with Gasteiger partial charge in [-0.15, -0.1) is 0 Å². The van der Waals surface area contributed by atoms with Crippen LogP contribution in [0.2, 0.25) is 0 Å². The summed E-state index contributed by atoms with van der Waals surface area (Å²) in [7, 11) is 0. The monoisotopic (exact) mass is 247 g/mol. The Morgan fingerprint density at radius 3 is 2.67 bits per heavy atom. The van der Waals surface area contributed by atoms with Crippen molar-refractivity contribution < 1.29 is 0 Å². The lowest BCUT2D eigenvalue weighted by Gasteiger charge is -2.28. The Bertz CT molecular complexity index is 410. The number of hydrogen-bond donors (Lipinski definition) is 1. The number of rotatable bonds is 4. The maximum Gasteiger partial charge on any atom is 0.0445 e. The van der Waals surface area contributed by atoms with Gasteiger partial charge in [-0.2, -0.15) is 0 Å². The predicted molar refractivity (Wildman–Crippen MR) is 76.7 cm³/mol. The van der Waals surface area contributed by atoms with Crippen molar-refractivity contribution in [2.45, 2.75) is 46.6 Å². The van der Waals surface area contributed by atoms with Crippen molar-refractivity contribution in [1.82, 2.24) is 4.98 Å². The molecule has 0 radical (unpaired) electrons. The molecule has 2 rings (SSSR count). The van der Waals surface area contributed by atoms with Crippen molar-refractivity contribution >= 4 is 5.69 Å². The number of hydrogen-bond acceptors (Lipinski definition) is 3. The topological polar surface area (TPSA) is 42.2 Å². The molecule has 0 amide bonds. The van der Waals surface area contributed by atoms with Crippen molar-refractivity contribution in [3.63, 3.8) is 0 Å². The summed E-state index contributed by atoms with van der Waals surface area (Å²) >= 11 is 0. The average Bonchev–Trinajstić information content (AvgIpc) is 2.83. The number of anilines is 1. The molecule has 1 aromatic rings. The zero-order valence-electron chi connectivity index (χ0n) is 11.9. The normalized spacial score (nSPS) is 18.3. The molecule has 0 saturated carbocycles. The Labute approximate surface area is 110 Å². The molecule has 1 aliphatic rings. The molecular formula is C15H25N3. The van der Waals surface area contributed by atoms with E-state index >= 15 is 0 Å². The fourth-order valence-corrected chi connectivity index (χ4v) is 2.99. The van der Waals surface area contributed by atoms with Crippen molar-refractivity contribution in [2.24, 2.45) is 11.1 Å². The Morgan fingerprint density at radius 2 is 2.11 bits per heavy atom. The van der Waals surface area contributed by atoms with Gasteiger partial charge in [-0.25, -0.2) is 0 Å². The van der Waals surface area contributed by atoms with E-state index in [1.165, 1.54) is 30.5 Å². The van der Waals surface area contributed by atoms with Gasteiger partial charge in [0.1, 0.15) is 0 Å². The molecule has 3 heteroatoms.